The second-order valence-corrected chi connectivity index (χ2v) is 4.94. The fourth-order valence-corrected chi connectivity index (χ4v) is 1.71. The van der Waals surface area contributed by atoms with E-state index in [4.69, 9.17) is 4.74 Å². The van der Waals surface area contributed by atoms with Gasteiger partial charge >= 0.3 is 0 Å². The molecule has 116 valence electrons. The molecule has 0 heterocycles. The molecular weight excluding hydrogens is 270 g/mol. The minimum atomic E-state index is -0.184. The number of hydrogen-bond donors (Lipinski definition) is 1. The van der Waals surface area contributed by atoms with E-state index in [1.165, 1.54) is 4.90 Å². The van der Waals surface area contributed by atoms with Crippen LogP contribution in [0.2, 0.25) is 0 Å². The van der Waals surface area contributed by atoms with Crippen LogP contribution in [-0.2, 0) is 9.59 Å². The van der Waals surface area contributed by atoms with Gasteiger partial charge in [0.15, 0.2) is 0 Å². The molecule has 6 nitrogen and oxygen atoms in total. The first-order chi connectivity index (χ1) is 9.93. The van der Waals surface area contributed by atoms with E-state index < -0.39 is 0 Å². The summed E-state index contributed by atoms with van der Waals surface area (Å²) < 4.78 is 5.45. The quantitative estimate of drug-likeness (QED) is 0.816. The first-order valence-corrected chi connectivity index (χ1v) is 6.84. The highest BCUT2D eigenvalue weighted by molar-refractivity contribution is 5.94. The van der Waals surface area contributed by atoms with Gasteiger partial charge in [-0.3, -0.25) is 14.5 Å². The molecule has 1 aromatic rings. The highest BCUT2D eigenvalue weighted by atomic mass is 16.5. The molecule has 0 aliphatic rings. The van der Waals surface area contributed by atoms with Crippen molar-refractivity contribution >= 4 is 17.5 Å². The van der Waals surface area contributed by atoms with Crippen LogP contribution in [0.3, 0.4) is 0 Å². The summed E-state index contributed by atoms with van der Waals surface area (Å²) in [5.74, 6) is 0.414. The van der Waals surface area contributed by atoms with Gasteiger partial charge in [-0.25, -0.2) is 0 Å². The third-order valence-corrected chi connectivity index (χ3v) is 2.78. The normalized spacial score (nSPS) is 10.3. The summed E-state index contributed by atoms with van der Waals surface area (Å²) in [7, 11) is 5.11. The predicted molar refractivity (Wildman–Crippen MR) is 82.4 cm³/mol. The molecule has 0 bridgehead atoms. The summed E-state index contributed by atoms with van der Waals surface area (Å²) in [5, 5.41) is 2.80. The van der Waals surface area contributed by atoms with Gasteiger partial charge in [0, 0.05) is 14.1 Å². The molecule has 1 N–H and O–H groups in total. The Morgan fingerprint density at radius 3 is 2.43 bits per heavy atom. The average molecular weight is 293 g/mol. The molecule has 0 saturated carbocycles. The standard InChI is InChI=1S/C15H23N3O3/c1-5-21-13-9-7-6-8-12(13)16-14(19)10-18(4)11-15(20)17(2)3/h6-9H,5,10-11H2,1-4H3,(H,16,19). The van der Waals surface area contributed by atoms with E-state index >= 15 is 0 Å². The minimum absolute atomic E-state index is 0.0417. The number of amides is 2. The number of benzene rings is 1. The van der Waals surface area contributed by atoms with Crippen LogP contribution in [0.15, 0.2) is 24.3 Å². The minimum Gasteiger partial charge on any atom is -0.492 e. The SMILES string of the molecule is CCOc1ccccc1NC(=O)CN(C)CC(=O)N(C)C. The molecule has 2 amide bonds. The van der Waals surface area contributed by atoms with Gasteiger partial charge in [-0.05, 0) is 26.1 Å². The fourth-order valence-electron chi connectivity index (χ4n) is 1.71. The topological polar surface area (TPSA) is 61.9 Å². The largest absolute Gasteiger partial charge is 0.492 e. The lowest BCUT2D eigenvalue weighted by atomic mass is 10.3. The summed E-state index contributed by atoms with van der Waals surface area (Å²) in [6.45, 7) is 2.76. The Hall–Kier alpha value is -2.08. The number of carbonyl (C=O) groups is 2. The van der Waals surface area contributed by atoms with Gasteiger partial charge in [0.1, 0.15) is 5.75 Å². The van der Waals surface area contributed by atoms with Gasteiger partial charge in [-0.15, -0.1) is 0 Å². The molecule has 1 rings (SSSR count). The zero-order valence-electron chi connectivity index (χ0n) is 13.0. The Balaban J connectivity index is 2.56. The molecule has 0 saturated heterocycles. The Bertz CT molecular complexity index is 489. The maximum absolute atomic E-state index is 12.0. The van der Waals surface area contributed by atoms with Crippen molar-refractivity contribution in [3.63, 3.8) is 0 Å². The number of nitrogens with one attached hydrogen (secondary N) is 1. The second kappa shape index (κ2) is 8.26. The van der Waals surface area contributed by atoms with E-state index in [1.807, 2.05) is 19.1 Å². The van der Waals surface area contributed by atoms with Gasteiger partial charge in [0.05, 0.1) is 25.4 Å². The summed E-state index contributed by atoms with van der Waals surface area (Å²) in [6.07, 6.45) is 0. The molecule has 0 spiro atoms. The number of rotatable bonds is 7. The predicted octanol–water partition coefficient (Wildman–Crippen LogP) is 1.04. The lowest BCUT2D eigenvalue weighted by Gasteiger charge is -2.19. The molecule has 0 atom stereocenters. The van der Waals surface area contributed by atoms with Crippen molar-refractivity contribution in [2.24, 2.45) is 0 Å². The van der Waals surface area contributed by atoms with E-state index in [9.17, 15) is 9.59 Å². The maximum Gasteiger partial charge on any atom is 0.238 e. The van der Waals surface area contributed by atoms with Crippen LogP contribution in [0.4, 0.5) is 5.69 Å². The van der Waals surface area contributed by atoms with Crippen LogP contribution in [0.1, 0.15) is 6.92 Å². The smallest absolute Gasteiger partial charge is 0.238 e. The molecule has 0 unspecified atom stereocenters. The molecule has 0 aliphatic heterocycles. The molecular formula is C15H23N3O3. The van der Waals surface area contributed by atoms with E-state index in [1.54, 1.807) is 38.2 Å². The molecule has 1 aromatic carbocycles. The molecule has 0 aliphatic carbocycles. The Morgan fingerprint density at radius 1 is 1.14 bits per heavy atom. The van der Waals surface area contributed by atoms with Crippen molar-refractivity contribution in [3.05, 3.63) is 24.3 Å². The lowest BCUT2D eigenvalue weighted by Crippen LogP contribution is -2.38. The first-order valence-electron chi connectivity index (χ1n) is 6.84. The summed E-state index contributed by atoms with van der Waals surface area (Å²) in [4.78, 5) is 26.7. The zero-order chi connectivity index (χ0) is 15.8. The van der Waals surface area contributed by atoms with Crippen molar-refractivity contribution in [2.75, 3.05) is 46.2 Å². The number of likely N-dealkylation sites (N-methyl/N-ethyl adjacent to an activating group) is 2. The fraction of sp³-hybridized carbons (Fsp3) is 0.467. The Morgan fingerprint density at radius 2 is 1.81 bits per heavy atom. The van der Waals surface area contributed by atoms with Crippen LogP contribution in [-0.4, -0.2) is 62.5 Å². The van der Waals surface area contributed by atoms with Crippen molar-refractivity contribution in [3.8, 4) is 5.75 Å². The van der Waals surface area contributed by atoms with Crippen LogP contribution in [0.25, 0.3) is 0 Å². The van der Waals surface area contributed by atoms with Gasteiger partial charge in [0.25, 0.3) is 0 Å². The van der Waals surface area contributed by atoms with E-state index in [2.05, 4.69) is 5.32 Å². The van der Waals surface area contributed by atoms with E-state index in [-0.39, 0.29) is 24.9 Å². The third-order valence-electron chi connectivity index (χ3n) is 2.78. The van der Waals surface area contributed by atoms with Crippen LogP contribution >= 0.6 is 0 Å². The second-order valence-electron chi connectivity index (χ2n) is 4.94. The maximum atomic E-state index is 12.0. The molecule has 0 radical (unpaired) electrons. The first kappa shape index (κ1) is 17.0. The molecule has 6 heteroatoms. The van der Waals surface area contributed by atoms with Gasteiger partial charge in [-0.2, -0.15) is 0 Å². The molecule has 0 aromatic heterocycles. The van der Waals surface area contributed by atoms with Crippen molar-refractivity contribution < 1.29 is 14.3 Å². The monoisotopic (exact) mass is 293 g/mol. The number of nitrogens with zero attached hydrogens (tertiary/aromatic N) is 2. The third kappa shape index (κ3) is 5.83. The summed E-state index contributed by atoms with van der Waals surface area (Å²) in [5.41, 5.74) is 0.636. The van der Waals surface area contributed by atoms with Crippen molar-refractivity contribution in [2.45, 2.75) is 6.92 Å². The van der Waals surface area contributed by atoms with Crippen molar-refractivity contribution in [1.29, 1.82) is 0 Å². The van der Waals surface area contributed by atoms with Crippen LogP contribution in [0, 0.1) is 0 Å². The molecule has 21 heavy (non-hydrogen) atoms. The van der Waals surface area contributed by atoms with Gasteiger partial charge in [0.2, 0.25) is 11.8 Å². The van der Waals surface area contributed by atoms with Gasteiger partial charge in [-0.1, -0.05) is 12.1 Å². The number of ether oxygens (including phenoxy) is 1. The zero-order valence-corrected chi connectivity index (χ0v) is 13.0. The van der Waals surface area contributed by atoms with Crippen molar-refractivity contribution in [1.82, 2.24) is 9.80 Å². The number of hydrogen-bond acceptors (Lipinski definition) is 4. The highest BCUT2D eigenvalue weighted by Crippen LogP contribution is 2.23. The van der Waals surface area contributed by atoms with E-state index in [0.717, 1.165) is 0 Å². The molecule has 0 fully saturated rings. The Kier molecular flexibility index (Phi) is 6.68. The van der Waals surface area contributed by atoms with E-state index in [0.29, 0.717) is 18.0 Å². The lowest BCUT2D eigenvalue weighted by molar-refractivity contribution is -0.130. The summed E-state index contributed by atoms with van der Waals surface area (Å²) >= 11 is 0. The number of para-hydroxylation sites is 2. The summed E-state index contributed by atoms with van der Waals surface area (Å²) in [6, 6.07) is 7.27. The highest BCUT2D eigenvalue weighted by Gasteiger charge is 2.13. The average Bonchev–Trinajstić information content (AvgIpc) is 2.40. The number of carbonyl (C=O) groups excluding carboxylic acids is 2. The Labute approximate surface area is 125 Å². The number of anilines is 1. The van der Waals surface area contributed by atoms with Gasteiger partial charge < -0.3 is 15.0 Å². The van der Waals surface area contributed by atoms with Crippen LogP contribution < -0.4 is 10.1 Å². The van der Waals surface area contributed by atoms with Crippen LogP contribution in [0.5, 0.6) is 5.75 Å².